The first-order valence-electron chi connectivity index (χ1n) is 6.49. The zero-order valence-corrected chi connectivity index (χ0v) is 11.7. The third-order valence-electron chi connectivity index (χ3n) is 3.99. The van der Waals surface area contributed by atoms with Gasteiger partial charge in [0.25, 0.3) is 5.69 Å². The van der Waals surface area contributed by atoms with Gasteiger partial charge in [-0.2, -0.15) is 0 Å². The molecule has 1 aliphatic carbocycles. The third kappa shape index (κ3) is 2.86. The maximum absolute atomic E-state index is 12.0. The van der Waals surface area contributed by atoms with Crippen LogP contribution in [0.1, 0.15) is 19.4 Å². The number of non-ortho nitro benzene ring substituents is 1. The van der Waals surface area contributed by atoms with Gasteiger partial charge in [0, 0.05) is 18.7 Å². The Morgan fingerprint density at radius 2 is 1.86 bits per heavy atom. The lowest BCUT2D eigenvalue weighted by atomic mass is 10.1. The molecule has 0 heterocycles. The predicted octanol–water partition coefficient (Wildman–Crippen LogP) is 1.57. The van der Waals surface area contributed by atoms with Crippen LogP contribution in [0.2, 0.25) is 0 Å². The SMILES string of the molecule is CC1(C)[C@H](C(=O)O)[C@@H]1C(=O)NCc1ccc([N+](=O)[O-])cc1. The van der Waals surface area contributed by atoms with Crippen molar-refractivity contribution in [2.75, 3.05) is 0 Å². The number of hydrogen-bond acceptors (Lipinski definition) is 4. The van der Waals surface area contributed by atoms with Gasteiger partial charge < -0.3 is 10.4 Å². The zero-order chi connectivity index (χ0) is 15.8. The average Bonchev–Trinajstić information content (AvgIpc) is 2.99. The van der Waals surface area contributed by atoms with Gasteiger partial charge >= 0.3 is 5.97 Å². The minimum Gasteiger partial charge on any atom is -0.481 e. The van der Waals surface area contributed by atoms with E-state index in [0.29, 0.717) is 0 Å². The smallest absolute Gasteiger partial charge is 0.307 e. The van der Waals surface area contributed by atoms with E-state index in [9.17, 15) is 19.7 Å². The molecule has 2 atom stereocenters. The first-order chi connectivity index (χ1) is 9.75. The maximum atomic E-state index is 12.0. The van der Waals surface area contributed by atoms with Gasteiger partial charge in [-0.3, -0.25) is 19.7 Å². The van der Waals surface area contributed by atoms with Crippen LogP contribution in [0.15, 0.2) is 24.3 Å². The molecule has 1 aromatic carbocycles. The summed E-state index contributed by atoms with van der Waals surface area (Å²) in [4.78, 5) is 33.1. The van der Waals surface area contributed by atoms with Crippen molar-refractivity contribution < 1.29 is 19.6 Å². The summed E-state index contributed by atoms with van der Waals surface area (Å²) in [5, 5.41) is 22.2. The first-order valence-corrected chi connectivity index (χ1v) is 6.49. The molecule has 21 heavy (non-hydrogen) atoms. The lowest BCUT2D eigenvalue weighted by Gasteiger charge is -2.06. The van der Waals surface area contributed by atoms with Crippen LogP contribution in [-0.2, 0) is 16.1 Å². The van der Waals surface area contributed by atoms with E-state index in [2.05, 4.69) is 5.32 Å². The molecule has 0 saturated heterocycles. The molecule has 7 heteroatoms. The molecule has 0 unspecified atom stereocenters. The number of amides is 1. The number of rotatable bonds is 5. The number of hydrogen-bond donors (Lipinski definition) is 2. The predicted molar refractivity (Wildman–Crippen MR) is 73.3 cm³/mol. The number of carbonyl (C=O) groups is 2. The lowest BCUT2D eigenvalue weighted by Crippen LogP contribution is -2.26. The second-order valence-corrected chi connectivity index (χ2v) is 5.76. The van der Waals surface area contributed by atoms with Gasteiger partial charge in [-0.05, 0) is 11.0 Å². The van der Waals surface area contributed by atoms with Gasteiger partial charge in [-0.1, -0.05) is 26.0 Å². The number of carboxylic acids is 1. The Hall–Kier alpha value is -2.44. The van der Waals surface area contributed by atoms with E-state index in [1.807, 2.05) is 0 Å². The van der Waals surface area contributed by atoms with E-state index in [1.165, 1.54) is 12.1 Å². The number of carboxylic acid groups (broad SMARTS) is 1. The number of nitro groups is 1. The topological polar surface area (TPSA) is 110 Å². The summed E-state index contributed by atoms with van der Waals surface area (Å²) in [7, 11) is 0. The minimum atomic E-state index is -0.963. The monoisotopic (exact) mass is 292 g/mol. The average molecular weight is 292 g/mol. The largest absolute Gasteiger partial charge is 0.481 e. The Balaban J connectivity index is 1.93. The Kier molecular flexibility index (Phi) is 3.67. The molecule has 0 radical (unpaired) electrons. The van der Waals surface area contributed by atoms with E-state index in [1.54, 1.807) is 26.0 Å². The van der Waals surface area contributed by atoms with Gasteiger partial charge in [-0.25, -0.2) is 0 Å². The molecule has 0 bridgehead atoms. The fourth-order valence-corrected chi connectivity index (χ4v) is 2.62. The Morgan fingerprint density at radius 1 is 1.29 bits per heavy atom. The quantitative estimate of drug-likeness (QED) is 0.632. The highest BCUT2D eigenvalue weighted by Crippen LogP contribution is 2.58. The number of carbonyl (C=O) groups excluding carboxylic acids is 1. The summed E-state index contributed by atoms with van der Waals surface area (Å²) in [6.45, 7) is 3.72. The van der Waals surface area contributed by atoms with Crippen molar-refractivity contribution in [1.29, 1.82) is 0 Å². The second-order valence-electron chi connectivity index (χ2n) is 5.76. The van der Waals surface area contributed by atoms with Crippen molar-refractivity contribution in [3.8, 4) is 0 Å². The van der Waals surface area contributed by atoms with Crippen molar-refractivity contribution in [3.05, 3.63) is 39.9 Å². The van der Waals surface area contributed by atoms with Crippen molar-refractivity contribution in [1.82, 2.24) is 5.32 Å². The van der Waals surface area contributed by atoms with Gasteiger partial charge in [0.1, 0.15) is 0 Å². The molecule has 1 aromatic rings. The molecule has 1 fully saturated rings. The van der Waals surface area contributed by atoms with Gasteiger partial charge in [0.15, 0.2) is 0 Å². The summed E-state index contributed by atoms with van der Waals surface area (Å²) in [6, 6.07) is 5.85. The lowest BCUT2D eigenvalue weighted by molar-refractivity contribution is -0.384. The molecule has 0 aliphatic heterocycles. The molecule has 112 valence electrons. The van der Waals surface area contributed by atoms with Crippen LogP contribution in [0.3, 0.4) is 0 Å². The highest BCUT2D eigenvalue weighted by atomic mass is 16.6. The molecule has 0 spiro atoms. The van der Waals surface area contributed by atoms with Crippen molar-refractivity contribution in [3.63, 3.8) is 0 Å². The summed E-state index contributed by atoms with van der Waals surface area (Å²) >= 11 is 0. The van der Waals surface area contributed by atoms with E-state index < -0.39 is 28.1 Å². The highest BCUT2D eigenvalue weighted by molar-refractivity contribution is 5.91. The fourth-order valence-electron chi connectivity index (χ4n) is 2.62. The van der Waals surface area contributed by atoms with Gasteiger partial charge in [0.2, 0.25) is 5.91 Å². The first kappa shape index (κ1) is 15.0. The number of nitrogens with zero attached hydrogens (tertiary/aromatic N) is 1. The molecule has 0 aromatic heterocycles. The number of nitrogens with one attached hydrogen (secondary N) is 1. The molecule has 1 saturated carbocycles. The molecular weight excluding hydrogens is 276 g/mol. The molecule has 2 rings (SSSR count). The maximum Gasteiger partial charge on any atom is 0.307 e. The van der Waals surface area contributed by atoms with Crippen LogP contribution in [0.25, 0.3) is 0 Å². The molecule has 1 amide bonds. The van der Waals surface area contributed by atoms with E-state index in [4.69, 9.17) is 5.11 Å². The molecule has 7 nitrogen and oxygen atoms in total. The summed E-state index contributed by atoms with van der Waals surface area (Å²) in [5.74, 6) is -2.45. The molecule has 1 aliphatic rings. The minimum absolute atomic E-state index is 0.0145. The standard InChI is InChI=1S/C14H16N2O5/c1-14(2)10(11(14)13(18)19)12(17)15-7-8-3-5-9(6-4-8)16(20)21/h3-6,10-11H,7H2,1-2H3,(H,15,17)(H,18,19)/t10-,11+/m1/s1. The number of aliphatic carboxylic acids is 1. The van der Waals surface area contributed by atoms with E-state index in [-0.39, 0.29) is 18.1 Å². The number of nitro benzene ring substituents is 1. The Morgan fingerprint density at radius 3 is 2.29 bits per heavy atom. The molecular formula is C14H16N2O5. The zero-order valence-electron chi connectivity index (χ0n) is 11.7. The highest BCUT2D eigenvalue weighted by Gasteiger charge is 2.65. The normalized spacial score (nSPS) is 22.4. The van der Waals surface area contributed by atoms with E-state index >= 15 is 0 Å². The van der Waals surface area contributed by atoms with Gasteiger partial charge in [-0.15, -0.1) is 0 Å². The van der Waals surface area contributed by atoms with Crippen LogP contribution in [0.4, 0.5) is 5.69 Å². The fraction of sp³-hybridized carbons (Fsp3) is 0.429. The summed E-state index contributed by atoms with van der Waals surface area (Å²) < 4.78 is 0. The Bertz CT molecular complexity index is 594. The number of benzene rings is 1. The molecule has 2 N–H and O–H groups in total. The third-order valence-corrected chi connectivity index (χ3v) is 3.99. The Labute approximate surface area is 121 Å². The summed E-state index contributed by atoms with van der Waals surface area (Å²) in [6.07, 6.45) is 0. The van der Waals surface area contributed by atoms with Crippen LogP contribution in [-0.4, -0.2) is 21.9 Å². The second kappa shape index (κ2) is 5.16. The van der Waals surface area contributed by atoms with Crippen LogP contribution >= 0.6 is 0 Å². The van der Waals surface area contributed by atoms with Gasteiger partial charge in [0.05, 0.1) is 16.8 Å². The summed E-state index contributed by atoms with van der Waals surface area (Å²) in [5.41, 5.74) is 0.171. The van der Waals surface area contributed by atoms with Crippen LogP contribution in [0.5, 0.6) is 0 Å². The van der Waals surface area contributed by atoms with Crippen molar-refractivity contribution in [2.24, 2.45) is 17.3 Å². The van der Waals surface area contributed by atoms with E-state index in [0.717, 1.165) is 5.56 Å². The van der Waals surface area contributed by atoms with Crippen LogP contribution < -0.4 is 5.32 Å². The van der Waals surface area contributed by atoms with Crippen LogP contribution in [0, 0.1) is 27.4 Å². The van der Waals surface area contributed by atoms with Crippen molar-refractivity contribution in [2.45, 2.75) is 20.4 Å². The van der Waals surface area contributed by atoms with Crippen molar-refractivity contribution >= 4 is 17.6 Å².